The summed E-state index contributed by atoms with van der Waals surface area (Å²) in [4.78, 5) is 23.4. The second-order valence-electron chi connectivity index (χ2n) is 6.18. The van der Waals surface area contributed by atoms with E-state index in [-0.39, 0.29) is 18.4 Å². The first-order valence-corrected chi connectivity index (χ1v) is 9.05. The molecule has 0 spiro atoms. The van der Waals surface area contributed by atoms with Crippen LogP contribution in [-0.2, 0) is 9.59 Å². The minimum Gasteiger partial charge on any atom is -0.497 e. The highest BCUT2D eigenvalue weighted by atomic mass is 32.1. The summed E-state index contributed by atoms with van der Waals surface area (Å²) in [5, 5.41) is 14.3. The van der Waals surface area contributed by atoms with Crippen molar-refractivity contribution in [3.8, 4) is 11.5 Å². The normalized spacial score (nSPS) is 19.3. The van der Waals surface area contributed by atoms with Crippen molar-refractivity contribution in [2.75, 3.05) is 27.3 Å². The van der Waals surface area contributed by atoms with Crippen LogP contribution in [0.25, 0.3) is 5.57 Å². The van der Waals surface area contributed by atoms with E-state index in [4.69, 9.17) is 26.8 Å². The van der Waals surface area contributed by atoms with Gasteiger partial charge in [0, 0.05) is 23.6 Å². The Labute approximate surface area is 163 Å². The lowest BCUT2D eigenvalue weighted by Gasteiger charge is -2.23. The SMILES string of the molecule is COc1ccc(/C2=C/C(=O)NC(=S)C(CCNCC(=O)O)CC2)c(OC)c1. The summed E-state index contributed by atoms with van der Waals surface area (Å²) >= 11 is 5.34. The summed E-state index contributed by atoms with van der Waals surface area (Å²) in [6.45, 7) is 0.415. The van der Waals surface area contributed by atoms with Crippen molar-refractivity contribution < 1.29 is 24.2 Å². The quantitative estimate of drug-likeness (QED) is 0.460. The van der Waals surface area contributed by atoms with Crippen LogP contribution in [0.1, 0.15) is 24.8 Å². The number of nitrogens with one attached hydrogen (secondary N) is 2. The Hall–Kier alpha value is -2.45. The molecule has 1 aliphatic rings. The smallest absolute Gasteiger partial charge is 0.317 e. The lowest BCUT2D eigenvalue weighted by molar-refractivity contribution is -0.136. The predicted octanol–water partition coefficient (Wildman–Crippen LogP) is 2.01. The molecule has 8 heteroatoms. The third-order valence-corrected chi connectivity index (χ3v) is 4.82. The van der Waals surface area contributed by atoms with E-state index in [0.717, 1.165) is 17.6 Å². The van der Waals surface area contributed by atoms with Crippen LogP contribution in [0.15, 0.2) is 24.3 Å². The van der Waals surface area contributed by atoms with E-state index in [9.17, 15) is 9.59 Å². The van der Waals surface area contributed by atoms with E-state index >= 15 is 0 Å². The van der Waals surface area contributed by atoms with E-state index < -0.39 is 5.97 Å². The fourth-order valence-corrected chi connectivity index (χ4v) is 3.31. The number of rotatable bonds is 8. The van der Waals surface area contributed by atoms with Crippen molar-refractivity contribution >= 4 is 34.7 Å². The summed E-state index contributed by atoms with van der Waals surface area (Å²) < 4.78 is 10.7. The highest BCUT2D eigenvalue weighted by Crippen LogP contribution is 2.34. The first-order valence-electron chi connectivity index (χ1n) is 8.65. The number of ether oxygens (including phenoxy) is 2. The Kier molecular flexibility index (Phi) is 7.75. The molecule has 0 aliphatic carbocycles. The Balaban J connectivity index is 2.14. The molecule has 0 fully saturated rings. The Morgan fingerprint density at radius 2 is 2.15 bits per heavy atom. The molecule has 1 aromatic rings. The first kappa shape index (κ1) is 20.9. The molecule has 0 saturated heterocycles. The van der Waals surface area contributed by atoms with E-state index in [1.807, 2.05) is 12.1 Å². The van der Waals surface area contributed by atoms with Crippen molar-refractivity contribution in [1.29, 1.82) is 0 Å². The number of thiocarbonyl (C=S) groups is 1. The zero-order valence-electron chi connectivity index (χ0n) is 15.4. The number of benzene rings is 1. The number of allylic oxidation sites excluding steroid dienone is 1. The number of carbonyl (C=O) groups excluding carboxylic acids is 1. The summed E-state index contributed by atoms with van der Waals surface area (Å²) in [6, 6.07) is 5.48. The number of carboxylic acids is 1. The van der Waals surface area contributed by atoms with Crippen LogP contribution < -0.4 is 20.1 Å². The minimum absolute atomic E-state index is 0.0156. The monoisotopic (exact) mass is 392 g/mol. The maximum atomic E-state index is 12.3. The molecule has 1 amide bonds. The second kappa shape index (κ2) is 10.0. The van der Waals surface area contributed by atoms with Crippen LogP contribution in [0.4, 0.5) is 0 Å². The fraction of sp³-hybridized carbons (Fsp3) is 0.421. The summed E-state index contributed by atoms with van der Waals surface area (Å²) in [5.41, 5.74) is 1.70. The van der Waals surface area contributed by atoms with E-state index in [0.29, 0.717) is 35.9 Å². The molecule has 27 heavy (non-hydrogen) atoms. The Bertz CT molecular complexity index is 748. The molecular formula is C19H24N2O5S. The molecule has 1 heterocycles. The maximum Gasteiger partial charge on any atom is 0.317 e. The molecule has 0 radical (unpaired) electrons. The highest BCUT2D eigenvalue weighted by Gasteiger charge is 2.22. The number of carbonyl (C=O) groups is 2. The van der Waals surface area contributed by atoms with Gasteiger partial charge in [-0.2, -0.15) is 0 Å². The first-order chi connectivity index (χ1) is 12.9. The Morgan fingerprint density at radius 1 is 1.37 bits per heavy atom. The van der Waals surface area contributed by atoms with Gasteiger partial charge in [-0.3, -0.25) is 9.59 Å². The Morgan fingerprint density at radius 3 is 2.81 bits per heavy atom. The van der Waals surface area contributed by atoms with Crippen molar-refractivity contribution in [1.82, 2.24) is 10.6 Å². The minimum atomic E-state index is -0.902. The van der Waals surface area contributed by atoms with Gasteiger partial charge in [0.05, 0.1) is 25.8 Å². The molecular weight excluding hydrogens is 368 g/mol. The molecule has 0 saturated carbocycles. The highest BCUT2D eigenvalue weighted by molar-refractivity contribution is 7.80. The average molecular weight is 392 g/mol. The van der Waals surface area contributed by atoms with Gasteiger partial charge in [-0.25, -0.2) is 0 Å². The largest absolute Gasteiger partial charge is 0.497 e. The molecule has 0 aromatic heterocycles. The van der Waals surface area contributed by atoms with Crippen molar-refractivity contribution in [2.24, 2.45) is 5.92 Å². The van der Waals surface area contributed by atoms with Gasteiger partial charge in [0.25, 0.3) is 0 Å². The number of hydrogen-bond donors (Lipinski definition) is 3. The standard InChI is InChI=1S/C19H24N2O5S/c1-25-14-5-6-15(16(10-14)26-2)13-4-3-12(7-8-20-11-18(23)24)19(27)21-17(22)9-13/h5-6,9-10,12,20H,3-4,7-8,11H2,1-2H3,(H,23,24)(H,21,22,27)/b13-9+. The van der Waals surface area contributed by atoms with Crippen LogP contribution in [0.3, 0.4) is 0 Å². The van der Waals surface area contributed by atoms with Gasteiger partial charge in [-0.15, -0.1) is 0 Å². The van der Waals surface area contributed by atoms with E-state index in [1.165, 1.54) is 0 Å². The number of amides is 1. The van der Waals surface area contributed by atoms with Gasteiger partial charge in [-0.1, -0.05) is 12.2 Å². The molecule has 1 aromatic carbocycles. The lowest BCUT2D eigenvalue weighted by atomic mass is 9.91. The predicted molar refractivity (Wildman–Crippen MR) is 106 cm³/mol. The molecule has 0 bridgehead atoms. The molecule has 1 unspecified atom stereocenters. The number of hydrogen-bond acceptors (Lipinski definition) is 6. The van der Waals surface area contributed by atoms with Crippen LogP contribution in [0.2, 0.25) is 0 Å². The van der Waals surface area contributed by atoms with Crippen molar-refractivity contribution in [3.63, 3.8) is 0 Å². The maximum absolute atomic E-state index is 12.3. The van der Waals surface area contributed by atoms with Gasteiger partial charge in [-0.05, 0) is 43.5 Å². The van der Waals surface area contributed by atoms with Gasteiger partial charge in [0.15, 0.2) is 0 Å². The van der Waals surface area contributed by atoms with Gasteiger partial charge >= 0.3 is 5.97 Å². The van der Waals surface area contributed by atoms with E-state index in [1.54, 1.807) is 26.4 Å². The molecule has 7 nitrogen and oxygen atoms in total. The average Bonchev–Trinajstić information content (AvgIpc) is 2.64. The molecule has 1 aliphatic heterocycles. The molecule has 3 N–H and O–H groups in total. The molecule has 146 valence electrons. The third-order valence-electron chi connectivity index (χ3n) is 4.39. The summed E-state index contributed by atoms with van der Waals surface area (Å²) in [5.74, 6) is 0.126. The van der Waals surface area contributed by atoms with Crippen molar-refractivity contribution in [3.05, 3.63) is 29.8 Å². The van der Waals surface area contributed by atoms with Gasteiger partial charge in [0.1, 0.15) is 11.5 Å². The van der Waals surface area contributed by atoms with Crippen LogP contribution >= 0.6 is 12.2 Å². The van der Waals surface area contributed by atoms with Gasteiger partial charge in [0.2, 0.25) is 5.91 Å². The lowest BCUT2D eigenvalue weighted by Crippen LogP contribution is -2.36. The zero-order chi connectivity index (χ0) is 19.8. The van der Waals surface area contributed by atoms with Crippen LogP contribution in [0, 0.1) is 5.92 Å². The van der Waals surface area contributed by atoms with Crippen molar-refractivity contribution in [2.45, 2.75) is 19.3 Å². The summed E-state index contributed by atoms with van der Waals surface area (Å²) in [6.07, 6.45) is 3.60. The zero-order valence-corrected chi connectivity index (χ0v) is 16.2. The number of aliphatic carboxylic acids is 1. The second-order valence-corrected chi connectivity index (χ2v) is 6.62. The number of methoxy groups -OCH3 is 2. The topological polar surface area (TPSA) is 96.9 Å². The van der Waals surface area contributed by atoms with Gasteiger partial charge < -0.3 is 25.2 Å². The fourth-order valence-electron chi connectivity index (χ4n) is 2.97. The number of carboxylic acid groups (broad SMARTS) is 1. The third kappa shape index (κ3) is 6.04. The molecule has 1 atom stereocenters. The van der Waals surface area contributed by atoms with Crippen LogP contribution in [0.5, 0.6) is 11.5 Å². The van der Waals surface area contributed by atoms with E-state index in [2.05, 4.69) is 10.6 Å². The summed E-state index contributed by atoms with van der Waals surface area (Å²) in [7, 11) is 3.16. The molecule has 2 rings (SSSR count). The van der Waals surface area contributed by atoms with Crippen LogP contribution in [-0.4, -0.2) is 49.3 Å².